The van der Waals surface area contributed by atoms with Crippen LogP contribution in [0, 0.1) is 0 Å². The van der Waals surface area contributed by atoms with Crippen molar-refractivity contribution >= 4 is 64.7 Å². The SMILES string of the molecule is O=S1(c2ccccc2)=NC(n2c3ccccc3c3cc(-c4ccc5c(c4)c4ccccc4n5-c4ccccc4)ccc32)=C(c2ccccc2)c2ccccc21. The average molecular weight is 724 g/mol. The van der Waals surface area contributed by atoms with E-state index >= 15 is 4.21 Å². The molecule has 2 aromatic heterocycles. The van der Waals surface area contributed by atoms with E-state index in [9.17, 15) is 0 Å². The lowest BCUT2D eigenvalue weighted by Crippen LogP contribution is -2.14. The van der Waals surface area contributed by atoms with Crippen molar-refractivity contribution in [1.82, 2.24) is 9.13 Å². The Hall–Kier alpha value is -6.95. The number of rotatable bonds is 5. The van der Waals surface area contributed by atoms with Crippen molar-refractivity contribution in [3.8, 4) is 16.8 Å². The Bertz CT molecular complexity index is 3290. The molecule has 3 heterocycles. The zero-order valence-electron chi connectivity index (χ0n) is 29.7. The summed E-state index contributed by atoms with van der Waals surface area (Å²) in [5.41, 5.74) is 10.7. The van der Waals surface area contributed by atoms with Gasteiger partial charge in [0.2, 0.25) is 0 Å². The van der Waals surface area contributed by atoms with E-state index in [2.05, 4.69) is 155 Å². The summed E-state index contributed by atoms with van der Waals surface area (Å²) in [4.78, 5) is 1.43. The van der Waals surface area contributed by atoms with Crippen molar-refractivity contribution in [3.63, 3.8) is 0 Å². The molecule has 11 rings (SSSR count). The van der Waals surface area contributed by atoms with Gasteiger partial charge in [-0.2, -0.15) is 4.36 Å². The largest absolute Gasteiger partial charge is 0.309 e. The summed E-state index contributed by atoms with van der Waals surface area (Å²) in [5, 5.41) is 4.66. The summed E-state index contributed by atoms with van der Waals surface area (Å²) >= 11 is 0. The minimum Gasteiger partial charge on any atom is -0.309 e. The van der Waals surface area contributed by atoms with Crippen molar-refractivity contribution in [2.45, 2.75) is 9.79 Å². The molecule has 0 saturated heterocycles. The van der Waals surface area contributed by atoms with Crippen molar-refractivity contribution in [2.24, 2.45) is 4.36 Å². The summed E-state index contributed by atoms with van der Waals surface area (Å²) in [6.07, 6.45) is 0. The van der Waals surface area contributed by atoms with Crippen LogP contribution in [0.4, 0.5) is 0 Å². The first-order chi connectivity index (χ1) is 27.2. The van der Waals surface area contributed by atoms with Crippen LogP contribution in [0.15, 0.2) is 214 Å². The number of hydrogen-bond donors (Lipinski definition) is 0. The molecule has 1 unspecified atom stereocenters. The highest BCUT2D eigenvalue weighted by Crippen LogP contribution is 2.46. The van der Waals surface area contributed by atoms with Crippen LogP contribution in [-0.2, 0) is 9.73 Å². The molecule has 0 spiro atoms. The second kappa shape index (κ2) is 12.3. The van der Waals surface area contributed by atoms with Gasteiger partial charge in [0.1, 0.15) is 9.73 Å². The van der Waals surface area contributed by atoms with E-state index in [4.69, 9.17) is 4.36 Å². The van der Waals surface area contributed by atoms with Crippen LogP contribution in [0.2, 0.25) is 0 Å². The minimum absolute atomic E-state index is 0.674. The monoisotopic (exact) mass is 723 g/mol. The van der Waals surface area contributed by atoms with E-state index in [1.165, 1.54) is 21.8 Å². The molecule has 10 aromatic rings. The van der Waals surface area contributed by atoms with Crippen LogP contribution in [0.5, 0.6) is 0 Å². The van der Waals surface area contributed by atoms with E-state index in [1.807, 2.05) is 54.6 Å². The molecule has 4 nitrogen and oxygen atoms in total. The summed E-state index contributed by atoms with van der Waals surface area (Å²) in [6, 6.07) is 69.4. The minimum atomic E-state index is -3.05. The first-order valence-electron chi connectivity index (χ1n) is 18.5. The third kappa shape index (κ3) is 4.80. The standard InChI is InChI=1S/C50H33N3OS/c54-55(38-20-8-3-9-21-38)48-27-15-12-24-41(48)49(34-16-4-1-5-17-34)50(51-55)53-45-26-14-11-23-40(45)43-33-36(29-31-47(43)53)35-28-30-46-42(32-35)39-22-10-13-25-44(39)52(46)37-18-6-2-7-19-37/h1-33H. The summed E-state index contributed by atoms with van der Waals surface area (Å²) in [7, 11) is -3.05. The van der Waals surface area contributed by atoms with Crippen LogP contribution in [0.25, 0.3) is 71.8 Å². The van der Waals surface area contributed by atoms with Gasteiger partial charge in [0, 0.05) is 38.4 Å². The lowest BCUT2D eigenvalue weighted by atomic mass is 9.97. The fourth-order valence-corrected chi connectivity index (χ4v) is 10.6. The zero-order valence-corrected chi connectivity index (χ0v) is 30.5. The highest BCUT2D eigenvalue weighted by Gasteiger charge is 2.31. The Morgan fingerprint density at radius 1 is 0.400 bits per heavy atom. The Balaban J connectivity index is 1.18. The van der Waals surface area contributed by atoms with Gasteiger partial charge in [0.15, 0.2) is 5.82 Å². The van der Waals surface area contributed by atoms with Gasteiger partial charge in [0.25, 0.3) is 0 Å². The Morgan fingerprint density at radius 3 is 1.55 bits per heavy atom. The van der Waals surface area contributed by atoms with Gasteiger partial charge >= 0.3 is 0 Å². The maximum atomic E-state index is 15.5. The summed E-state index contributed by atoms with van der Waals surface area (Å²) in [6.45, 7) is 0. The molecule has 8 aromatic carbocycles. The third-order valence-corrected chi connectivity index (χ3v) is 13.2. The number of fused-ring (bicyclic) bond motifs is 7. The first-order valence-corrected chi connectivity index (χ1v) is 20.0. The van der Waals surface area contributed by atoms with Crippen molar-refractivity contribution < 1.29 is 4.21 Å². The molecular formula is C50H33N3OS. The van der Waals surface area contributed by atoms with Crippen molar-refractivity contribution in [2.75, 3.05) is 0 Å². The fourth-order valence-electron chi connectivity index (χ4n) is 8.47. The van der Waals surface area contributed by atoms with E-state index in [0.29, 0.717) is 10.7 Å². The van der Waals surface area contributed by atoms with Crippen LogP contribution in [0.1, 0.15) is 11.1 Å². The second-order valence-corrected chi connectivity index (χ2v) is 16.1. The summed E-state index contributed by atoms with van der Waals surface area (Å²) in [5.74, 6) is 0.674. The van der Waals surface area contributed by atoms with Crippen LogP contribution in [0.3, 0.4) is 0 Å². The molecule has 0 aliphatic carbocycles. The highest BCUT2D eigenvalue weighted by molar-refractivity contribution is 7.94. The van der Waals surface area contributed by atoms with Gasteiger partial charge in [-0.25, -0.2) is 4.21 Å². The molecule has 1 aliphatic rings. The first kappa shape index (κ1) is 31.6. The fraction of sp³-hybridized carbons (Fsp3) is 0. The van der Waals surface area contributed by atoms with Gasteiger partial charge in [-0.3, -0.25) is 4.57 Å². The number of aromatic nitrogens is 2. The predicted octanol–water partition coefficient (Wildman–Crippen LogP) is 12.8. The van der Waals surface area contributed by atoms with Crippen LogP contribution < -0.4 is 0 Å². The molecule has 55 heavy (non-hydrogen) atoms. The number of para-hydroxylation sites is 3. The maximum absolute atomic E-state index is 15.5. The molecule has 0 saturated carbocycles. The van der Waals surface area contributed by atoms with E-state index in [1.54, 1.807) is 0 Å². The molecule has 1 atom stereocenters. The van der Waals surface area contributed by atoms with Gasteiger partial charge < -0.3 is 4.57 Å². The van der Waals surface area contributed by atoms with Crippen LogP contribution >= 0.6 is 0 Å². The van der Waals surface area contributed by atoms with Crippen molar-refractivity contribution in [1.29, 1.82) is 0 Å². The normalized spacial score (nSPS) is 15.5. The van der Waals surface area contributed by atoms with Crippen molar-refractivity contribution in [3.05, 3.63) is 211 Å². The molecule has 0 radical (unpaired) electrons. The Morgan fingerprint density at radius 2 is 0.891 bits per heavy atom. The lowest BCUT2D eigenvalue weighted by Gasteiger charge is -2.25. The van der Waals surface area contributed by atoms with E-state index in [0.717, 1.165) is 60.2 Å². The average Bonchev–Trinajstić information content (AvgIpc) is 3.77. The molecule has 0 bridgehead atoms. The molecule has 0 amide bonds. The Kier molecular flexibility index (Phi) is 7.06. The Labute approximate surface area is 319 Å². The quantitative estimate of drug-likeness (QED) is 0.174. The number of benzene rings is 8. The number of nitrogens with zero attached hydrogens (tertiary/aromatic N) is 3. The summed E-state index contributed by atoms with van der Waals surface area (Å²) < 4.78 is 25.4. The van der Waals surface area contributed by atoms with Gasteiger partial charge in [-0.05, 0) is 83.4 Å². The van der Waals surface area contributed by atoms with Gasteiger partial charge in [0.05, 0.1) is 31.9 Å². The molecule has 1 aliphatic heterocycles. The predicted molar refractivity (Wildman–Crippen MR) is 228 cm³/mol. The highest BCUT2D eigenvalue weighted by atomic mass is 32.2. The molecule has 0 N–H and O–H groups in total. The molecule has 260 valence electrons. The third-order valence-electron chi connectivity index (χ3n) is 10.9. The zero-order chi connectivity index (χ0) is 36.5. The molecular weight excluding hydrogens is 691 g/mol. The maximum Gasteiger partial charge on any atom is 0.156 e. The van der Waals surface area contributed by atoms with Crippen LogP contribution in [-0.4, -0.2) is 13.3 Å². The van der Waals surface area contributed by atoms with E-state index < -0.39 is 9.73 Å². The lowest BCUT2D eigenvalue weighted by molar-refractivity contribution is 0.676. The molecule has 0 fully saturated rings. The van der Waals surface area contributed by atoms with E-state index in [-0.39, 0.29) is 0 Å². The van der Waals surface area contributed by atoms with Gasteiger partial charge in [-0.1, -0.05) is 133 Å². The molecule has 5 heteroatoms. The smallest absolute Gasteiger partial charge is 0.156 e. The number of hydrogen-bond acceptors (Lipinski definition) is 2. The topological polar surface area (TPSA) is 39.3 Å². The van der Waals surface area contributed by atoms with Gasteiger partial charge in [-0.15, -0.1) is 0 Å². The second-order valence-electron chi connectivity index (χ2n) is 14.0.